The lowest BCUT2D eigenvalue weighted by Crippen LogP contribution is -2.49. The number of halogens is 1. The average molecular weight is 322 g/mol. The molecule has 0 aromatic heterocycles. The Morgan fingerprint density at radius 2 is 2.09 bits per heavy atom. The number of piperidine rings is 1. The van der Waals surface area contributed by atoms with Gasteiger partial charge >= 0.3 is 0 Å². The van der Waals surface area contributed by atoms with Gasteiger partial charge < -0.3 is 14.8 Å². The second kappa shape index (κ2) is 7.38. The molecule has 23 heavy (non-hydrogen) atoms. The van der Waals surface area contributed by atoms with Crippen LogP contribution in [0.1, 0.15) is 19.8 Å². The normalized spacial score (nSPS) is 24.5. The zero-order valence-electron chi connectivity index (χ0n) is 13.3. The Hall–Kier alpha value is -1.50. The number of ether oxygens (including phenoxy) is 2. The Kier molecular flexibility index (Phi) is 5.25. The molecule has 0 radical (unpaired) electrons. The SMILES string of the molecule is CC(C(=O)Nc1ccccc1F)N1CCCC(C2OCCO2)C1. The van der Waals surface area contributed by atoms with Crippen molar-refractivity contribution in [1.29, 1.82) is 0 Å². The monoisotopic (exact) mass is 322 g/mol. The van der Waals surface area contributed by atoms with Gasteiger partial charge in [0.1, 0.15) is 5.82 Å². The topological polar surface area (TPSA) is 50.8 Å². The molecule has 0 aliphatic carbocycles. The zero-order chi connectivity index (χ0) is 16.2. The first-order valence-corrected chi connectivity index (χ1v) is 8.18. The average Bonchev–Trinajstić information content (AvgIpc) is 3.11. The number of nitrogens with one attached hydrogen (secondary N) is 1. The fourth-order valence-corrected chi connectivity index (χ4v) is 3.23. The maximum absolute atomic E-state index is 13.7. The number of para-hydroxylation sites is 1. The summed E-state index contributed by atoms with van der Waals surface area (Å²) < 4.78 is 24.8. The summed E-state index contributed by atoms with van der Waals surface area (Å²) in [4.78, 5) is 14.5. The van der Waals surface area contributed by atoms with Crippen LogP contribution in [0.2, 0.25) is 0 Å². The van der Waals surface area contributed by atoms with Gasteiger partial charge in [-0.3, -0.25) is 9.69 Å². The Morgan fingerprint density at radius 3 is 2.83 bits per heavy atom. The van der Waals surface area contributed by atoms with Gasteiger partial charge in [-0.15, -0.1) is 0 Å². The molecule has 1 aromatic rings. The van der Waals surface area contributed by atoms with E-state index in [2.05, 4.69) is 10.2 Å². The maximum atomic E-state index is 13.7. The predicted molar refractivity (Wildman–Crippen MR) is 84.5 cm³/mol. The van der Waals surface area contributed by atoms with Gasteiger partial charge in [-0.2, -0.15) is 0 Å². The Bertz CT molecular complexity index is 548. The molecule has 2 unspecified atom stereocenters. The van der Waals surface area contributed by atoms with Crippen LogP contribution in [0.3, 0.4) is 0 Å². The van der Waals surface area contributed by atoms with Crippen LogP contribution in [0.25, 0.3) is 0 Å². The number of anilines is 1. The number of carbonyl (C=O) groups excluding carboxylic acids is 1. The van der Waals surface area contributed by atoms with Crippen molar-refractivity contribution in [2.24, 2.45) is 5.92 Å². The number of hydrogen-bond acceptors (Lipinski definition) is 4. The molecule has 2 saturated heterocycles. The minimum Gasteiger partial charge on any atom is -0.350 e. The predicted octanol–water partition coefficient (Wildman–Crippen LogP) is 2.24. The lowest BCUT2D eigenvalue weighted by Gasteiger charge is -2.37. The van der Waals surface area contributed by atoms with Crippen LogP contribution >= 0.6 is 0 Å². The van der Waals surface area contributed by atoms with Crippen molar-refractivity contribution in [1.82, 2.24) is 4.90 Å². The van der Waals surface area contributed by atoms with E-state index < -0.39 is 5.82 Å². The van der Waals surface area contributed by atoms with E-state index in [1.165, 1.54) is 6.07 Å². The van der Waals surface area contributed by atoms with Crippen LogP contribution < -0.4 is 5.32 Å². The molecule has 1 amide bonds. The van der Waals surface area contributed by atoms with Crippen molar-refractivity contribution in [3.05, 3.63) is 30.1 Å². The van der Waals surface area contributed by atoms with E-state index >= 15 is 0 Å². The summed E-state index contributed by atoms with van der Waals surface area (Å²) in [5.74, 6) is -0.323. The van der Waals surface area contributed by atoms with Gasteiger partial charge in [-0.05, 0) is 38.4 Å². The third-order valence-corrected chi connectivity index (χ3v) is 4.58. The summed E-state index contributed by atoms with van der Waals surface area (Å²) in [6, 6.07) is 5.89. The molecule has 0 saturated carbocycles. The molecule has 2 aliphatic heterocycles. The summed E-state index contributed by atoms with van der Waals surface area (Å²) in [6.07, 6.45) is 1.90. The van der Waals surface area contributed by atoms with Gasteiger partial charge in [-0.25, -0.2) is 4.39 Å². The van der Waals surface area contributed by atoms with Gasteiger partial charge in [0.2, 0.25) is 5.91 Å². The molecule has 2 aliphatic rings. The van der Waals surface area contributed by atoms with E-state index in [0.29, 0.717) is 13.2 Å². The van der Waals surface area contributed by atoms with E-state index in [9.17, 15) is 9.18 Å². The van der Waals surface area contributed by atoms with Gasteiger partial charge in [-0.1, -0.05) is 12.1 Å². The number of rotatable bonds is 4. The fourth-order valence-electron chi connectivity index (χ4n) is 3.23. The lowest BCUT2D eigenvalue weighted by molar-refractivity contribution is -0.126. The first-order valence-electron chi connectivity index (χ1n) is 8.18. The van der Waals surface area contributed by atoms with Crippen molar-refractivity contribution in [2.45, 2.75) is 32.1 Å². The van der Waals surface area contributed by atoms with Crippen LogP contribution in [0.5, 0.6) is 0 Å². The first kappa shape index (κ1) is 16.4. The summed E-state index contributed by atoms with van der Waals surface area (Å²) in [5, 5.41) is 2.67. The maximum Gasteiger partial charge on any atom is 0.241 e. The molecule has 5 nitrogen and oxygen atoms in total. The van der Waals surface area contributed by atoms with Crippen LogP contribution in [0, 0.1) is 11.7 Å². The molecular formula is C17H23FN2O3. The standard InChI is InChI=1S/C17H23FN2O3/c1-12(16(21)19-15-7-3-2-6-14(15)18)20-8-4-5-13(11-20)17-22-9-10-23-17/h2-3,6-7,12-13,17H,4-5,8-11H2,1H3,(H,19,21). The molecule has 126 valence electrons. The Balaban J connectivity index is 1.59. The summed E-state index contributed by atoms with van der Waals surface area (Å²) in [5.41, 5.74) is 0.223. The van der Waals surface area contributed by atoms with Crippen molar-refractivity contribution >= 4 is 11.6 Å². The smallest absolute Gasteiger partial charge is 0.241 e. The summed E-state index contributed by atoms with van der Waals surface area (Å²) in [6.45, 7) is 4.76. The molecule has 6 heteroatoms. The molecule has 2 heterocycles. The third-order valence-electron chi connectivity index (χ3n) is 4.58. The number of likely N-dealkylation sites (tertiary alicyclic amines) is 1. The highest BCUT2D eigenvalue weighted by atomic mass is 19.1. The quantitative estimate of drug-likeness (QED) is 0.924. The van der Waals surface area contributed by atoms with Crippen LogP contribution in [0.4, 0.5) is 10.1 Å². The molecule has 1 aromatic carbocycles. The highest BCUT2D eigenvalue weighted by molar-refractivity contribution is 5.94. The highest BCUT2D eigenvalue weighted by Crippen LogP contribution is 2.26. The second-order valence-electron chi connectivity index (χ2n) is 6.15. The van der Waals surface area contributed by atoms with Crippen molar-refractivity contribution in [3.8, 4) is 0 Å². The summed E-state index contributed by atoms with van der Waals surface area (Å²) in [7, 11) is 0. The van der Waals surface area contributed by atoms with Gasteiger partial charge in [0.05, 0.1) is 24.9 Å². The van der Waals surface area contributed by atoms with E-state index in [0.717, 1.165) is 25.9 Å². The minimum atomic E-state index is -0.419. The number of amides is 1. The van der Waals surface area contributed by atoms with Gasteiger partial charge in [0.25, 0.3) is 0 Å². The zero-order valence-corrected chi connectivity index (χ0v) is 13.3. The second-order valence-corrected chi connectivity index (χ2v) is 6.15. The van der Waals surface area contributed by atoms with E-state index in [-0.39, 0.29) is 29.8 Å². The van der Waals surface area contributed by atoms with Gasteiger partial charge in [0, 0.05) is 12.5 Å². The minimum absolute atomic E-state index is 0.153. The first-order chi connectivity index (χ1) is 11.1. The highest BCUT2D eigenvalue weighted by Gasteiger charge is 2.34. The lowest BCUT2D eigenvalue weighted by atomic mass is 9.96. The van der Waals surface area contributed by atoms with Crippen LogP contribution in [-0.2, 0) is 14.3 Å². The molecule has 2 fully saturated rings. The van der Waals surface area contributed by atoms with Crippen molar-refractivity contribution in [3.63, 3.8) is 0 Å². The largest absolute Gasteiger partial charge is 0.350 e. The number of nitrogens with zero attached hydrogens (tertiary/aromatic N) is 1. The van der Waals surface area contributed by atoms with Crippen LogP contribution in [0.15, 0.2) is 24.3 Å². The number of carbonyl (C=O) groups is 1. The fraction of sp³-hybridized carbons (Fsp3) is 0.588. The number of hydrogen-bond donors (Lipinski definition) is 1. The van der Waals surface area contributed by atoms with Gasteiger partial charge in [0.15, 0.2) is 6.29 Å². The molecule has 0 spiro atoms. The molecule has 2 atom stereocenters. The molecule has 1 N–H and O–H groups in total. The molecular weight excluding hydrogens is 299 g/mol. The van der Waals surface area contributed by atoms with E-state index in [4.69, 9.17) is 9.47 Å². The third kappa shape index (κ3) is 3.88. The number of benzene rings is 1. The molecule has 0 bridgehead atoms. The Labute approximate surface area is 135 Å². The van der Waals surface area contributed by atoms with Crippen LogP contribution in [-0.4, -0.2) is 49.4 Å². The summed E-state index contributed by atoms with van der Waals surface area (Å²) >= 11 is 0. The van der Waals surface area contributed by atoms with E-state index in [1.54, 1.807) is 18.2 Å². The van der Waals surface area contributed by atoms with E-state index in [1.807, 2.05) is 6.92 Å². The van der Waals surface area contributed by atoms with Crippen molar-refractivity contribution in [2.75, 3.05) is 31.6 Å². The van der Waals surface area contributed by atoms with Crippen molar-refractivity contribution < 1.29 is 18.7 Å². The molecule has 3 rings (SSSR count). The Morgan fingerprint density at radius 1 is 1.35 bits per heavy atom.